The quantitative estimate of drug-likeness (QED) is 0.821. The molecule has 5 nitrogen and oxygen atoms in total. The molecule has 2 aromatic rings. The van der Waals surface area contributed by atoms with Gasteiger partial charge < -0.3 is 9.47 Å². The maximum absolute atomic E-state index is 11.9. The van der Waals surface area contributed by atoms with Crippen LogP contribution in [0.4, 0.5) is 0 Å². The maximum atomic E-state index is 11.9. The van der Waals surface area contributed by atoms with Crippen LogP contribution in [-0.2, 0) is 18.1 Å². The second kappa shape index (κ2) is 7.07. The van der Waals surface area contributed by atoms with Crippen LogP contribution in [0.3, 0.4) is 0 Å². The van der Waals surface area contributed by atoms with Crippen LogP contribution in [0.1, 0.15) is 12.5 Å². The van der Waals surface area contributed by atoms with Crippen molar-refractivity contribution in [2.24, 2.45) is 0 Å². The zero-order chi connectivity index (χ0) is 14.4. The highest BCUT2D eigenvalue weighted by Gasteiger charge is 2.09. The molecule has 0 saturated carbocycles. The minimum absolute atomic E-state index is 0.0187. The molecule has 0 spiro atoms. The Labute approximate surface area is 121 Å². The van der Waals surface area contributed by atoms with Crippen LogP contribution in [0.5, 0.6) is 5.75 Å². The van der Waals surface area contributed by atoms with E-state index in [4.69, 9.17) is 21.1 Å². The summed E-state index contributed by atoms with van der Waals surface area (Å²) in [5.74, 6) is 0.290. The average molecular weight is 295 g/mol. The van der Waals surface area contributed by atoms with Crippen molar-refractivity contribution in [2.75, 3.05) is 6.61 Å². The van der Waals surface area contributed by atoms with Gasteiger partial charge in [-0.15, -0.1) is 0 Å². The van der Waals surface area contributed by atoms with E-state index >= 15 is 0 Å². The van der Waals surface area contributed by atoms with E-state index < -0.39 is 5.56 Å². The van der Waals surface area contributed by atoms with Crippen molar-refractivity contribution < 1.29 is 9.47 Å². The lowest BCUT2D eigenvalue weighted by Gasteiger charge is -2.09. The fraction of sp³-hybridized carbons (Fsp3) is 0.286. The van der Waals surface area contributed by atoms with Crippen molar-refractivity contribution in [3.8, 4) is 5.75 Å². The zero-order valence-electron chi connectivity index (χ0n) is 11.1. The number of benzene rings is 1. The predicted molar refractivity (Wildman–Crippen MR) is 75.9 cm³/mol. The number of hydrogen-bond acceptors (Lipinski definition) is 4. The smallest absolute Gasteiger partial charge is 0.291 e. The third-order valence-electron chi connectivity index (χ3n) is 2.58. The van der Waals surface area contributed by atoms with Crippen molar-refractivity contribution >= 4 is 11.6 Å². The number of rotatable bonds is 6. The molecule has 106 valence electrons. The van der Waals surface area contributed by atoms with Gasteiger partial charge in [0.25, 0.3) is 5.56 Å². The van der Waals surface area contributed by atoms with E-state index in [1.165, 1.54) is 6.20 Å². The van der Waals surface area contributed by atoms with Crippen LogP contribution in [0.2, 0.25) is 5.02 Å². The molecule has 2 rings (SSSR count). The Morgan fingerprint density at radius 1 is 1.30 bits per heavy atom. The second-order valence-electron chi connectivity index (χ2n) is 4.02. The summed E-state index contributed by atoms with van der Waals surface area (Å²) in [7, 11) is 0. The van der Waals surface area contributed by atoms with Gasteiger partial charge in [0.05, 0.1) is 19.4 Å². The first-order valence-electron chi connectivity index (χ1n) is 6.22. The normalized spacial score (nSPS) is 10.5. The molecule has 0 atom stereocenters. The lowest BCUT2D eigenvalue weighted by molar-refractivity contribution is 0.0526. The second-order valence-corrected chi connectivity index (χ2v) is 4.40. The Hall–Kier alpha value is -1.85. The van der Waals surface area contributed by atoms with Crippen LogP contribution in [0, 0.1) is 0 Å². The van der Waals surface area contributed by atoms with Gasteiger partial charge >= 0.3 is 0 Å². The Kier molecular flexibility index (Phi) is 5.15. The van der Waals surface area contributed by atoms with Crippen LogP contribution in [0.15, 0.2) is 41.3 Å². The van der Waals surface area contributed by atoms with Gasteiger partial charge in [0.1, 0.15) is 6.73 Å². The molecule has 6 heteroatoms. The van der Waals surface area contributed by atoms with Gasteiger partial charge in [0, 0.05) is 0 Å². The Bertz CT molecular complexity index is 614. The van der Waals surface area contributed by atoms with Gasteiger partial charge in [-0.1, -0.05) is 41.9 Å². The number of nitrogens with zero attached hydrogens (tertiary/aromatic N) is 2. The van der Waals surface area contributed by atoms with Gasteiger partial charge in [0.15, 0.2) is 10.8 Å². The van der Waals surface area contributed by atoms with Crippen LogP contribution in [-0.4, -0.2) is 16.4 Å². The highest BCUT2D eigenvalue weighted by molar-refractivity contribution is 6.31. The first-order valence-corrected chi connectivity index (χ1v) is 6.60. The van der Waals surface area contributed by atoms with Gasteiger partial charge in [-0.3, -0.25) is 4.79 Å². The largest absolute Gasteiger partial charge is 0.490 e. The first-order chi connectivity index (χ1) is 9.72. The van der Waals surface area contributed by atoms with E-state index in [9.17, 15) is 4.79 Å². The van der Waals surface area contributed by atoms with Crippen LogP contribution >= 0.6 is 11.6 Å². The van der Waals surface area contributed by atoms with Crippen LogP contribution in [0.25, 0.3) is 0 Å². The summed E-state index contributed by atoms with van der Waals surface area (Å²) < 4.78 is 11.8. The SMILES string of the molecule is CCOc1cnn(COCc2ccccc2)c(=O)c1Cl. The maximum Gasteiger partial charge on any atom is 0.291 e. The van der Waals surface area contributed by atoms with E-state index in [-0.39, 0.29) is 11.8 Å². The van der Waals surface area contributed by atoms with Crippen molar-refractivity contribution in [3.63, 3.8) is 0 Å². The Balaban J connectivity index is 2.00. The molecule has 0 aliphatic heterocycles. The van der Waals surface area contributed by atoms with E-state index in [0.29, 0.717) is 19.0 Å². The fourth-order valence-corrected chi connectivity index (χ4v) is 1.82. The highest BCUT2D eigenvalue weighted by Crippen LogP contribution is 2.17. The predicted octanol–water partition coefficient (Wildman–Crippen LogP) is 2.47. The minimum atomic E-state index is -0.425. The molecule has 0 radical (unpaired) electrons. The van der Waals surface area contributed by atoms with Gasteiger partial charge in [-0.25, -0.2) is 4.68 Å². The molecule has 0 N–H and O–H groups in total. The summed E-state index contributed by atoms with van der Waals surface area (Å²) in [6.45, 7) is 2.68. The third-order valence-corrected chi connectivity index (χ3v) is 2.93. The third kappa shape index (κ3) is 3.59. The monoisotopic (exact) mass is 294 g/mol. The fourth-order valence-electron chi connectivity index (χ4n) is 1.62. The number of halogens is 1. The van der Waals surface area contributed by atoms with E-state index in [2.05, 4.69) is 5.10 Å². The molecule has 0 fully saturated rings. The molecule has 1 aromatic heterocycles. The molecule has 0 saturated heterocycles. The molecule has 20 heavy (non-hydrogen) atoms. The highest BCUT2D eigenvalue weighted by atomic mass is 35.5. The van der Waals surface area contributed by atoms with Gasteiger partial charge in [-0.05, 0) is 12.5 Å². The zero-order valence-corrected chi connectivity index (χ0v) is 11.8. The van der Waals surface area contributed by atoms with E-state index in [1.807, 2.05) is 37.3 Å². The van der Waals surface area contributed by atoms with Crippen LogP contribution < -0.4 is 10.3 Å². The number of hydrogen-bond donors (Lipinski definition) is 0. The number of aromatic nitrogens is 2. The summed E-state index contributed by atoms with van der Waals surface area (Å²) in [5, 5.41) is 3.98. The first kappa shape index (κ1) is 14.6. The topological polar surface area (TPSA) is 53.4 Å². The van der Waals surface area contributed by atoms with Gasteiger partial charge in [0.2, 0.25) is 0 Å². The minimum Gasteiger partial charge on any atom is -0.490 e. The van der Waals surface area contributed by atoms with Crippen molar-refractivity contribution in [1.29, 1.82) is 0 Å². The average Bonchev–Trinajstić information content (AvgIpc) is 2.48. The molecular formula is C14H15ClN2O3. The van der Waals surface area contributed by atoms with Gasteiger partial charge in [-0.2, -0.15) is 5.10 Å². The summed E-state index contributed by atoms with van der Waals surface area (Å²) >= 11 is 5.92. The lowest BCUT2D eigenvalue weighted by atomic mass is 10.2. The molecule has 1 aromatic carbocycles. The summed E-state index contributed by atoms with van der Waals surface area (Å²) in [5.41, 5.74) is 0.600. The molecule has 1 heterocycles. The summed E-state index contributed by atoms with van der Waals surface area (Å²) in [6, 6.07) is 9.68. The van der Waals surface area contributed by atoms with Crippen molar-refractivity contribution in [3.05, 3.63) is 57.5 Å². The Morgan fingerprint density at radius 2 is 2.05 bits per heavy atom. The van der Waals surface area contributed by atoms with Crippen molar-refractivity contribution in [2.45, 2.75) is 20.3 Å². The van der Waals surface area contributed by atoms with E-state index in [1.54, 1.807) is 0 Å². The number of ether oxygens (including phenoxy) is 2. The molecule has 0 unspecified atom stereocenters. The van der Waals surface area contributed by atoms with Crippen molar-refractivity contribution in [1.82, 2.24) is 9.78 Å². The molecule has 0 aliphatic carbocycles. The Morgan fingerprint density at radius 3 is 2.75 bits per heavy atom. The molecular weight excluding hydrogens is 280 g/mol. The molecule has 0 bridgehead atoms. The van der Waals surface area contributed by atoms with E-state index in [0.717, 1.165) is 10.2 Å². The standard InChI is InChI=1S/C14H15ClN2O3/c1-2-20-12-8-16-17(14(18)13(12)15)10-19-9-11-6-4-3-5-7-11/h3-8H,2,9-10H2,1H3. The molecule has 0 aliphatic rings. The summed E-state index contributed by atoms with van der Waals surface area (Å²) in [4.78, 5) is 11.9. The molecule has 0 amide bonds. The summed E-state index contributed by atoms with van der Waals surface area (Å²) in [6.07, 6.45) is 1.42. The lowest BCUT2D eigenvalue weighted by Crippen LogP contribution is -2.24.